The maximum absolute atomic E-state index is 11.4. The molecule has 0 atom stereocenters. The smallest absolute Gasteiger partial charge is 0.322 e. The Morgan fingerprint density at radius 3 is 1.84 bits per heavy atom. The van der Waals surface area contributed by atoms with Gasteiger partial charge in [0.1, 0.15) is 19.8 Å². The van der Waals surface area contributed by atoms with Crippen molar-refractivity contribution in [2.75, 3.05) is 72.5 Å². The van der Waals surface area contributed by atoms with Crippen LogP contribution in [0.15, 0.2) is 0 Å². The molecule has 0 rings (SSSR count). The fourth-order valence-corrected chi connectivity index (χ4v) is 1.39. The van der Waals surface area contributed by atoms with Gasteiger partial charge in [0.25, 0.3) is 0 Å². The summed E-state index contributed by atoms with van der Waals surface area (Å²) < 4.78 is 20.4. The number of carbonyl (C=O) groups excluding carboxylic acids is 2. The molecule has 0 aliphatic rings. The molecule has 11 nitrogen and oxygen atoms in total. The van der Waals surface area contributed by atoms with Crippen molar-refractivity contribution in [3.05, 3.63) is 0 Å². The molecule has 146 valence electrons. The fraction of sp³-hybridized carbons (Fsp3) is 0.786. The van der Waals surface area contributed by atoms with Crippen molar-refractivity contribution in [2.24, 2.45) is 5.73 Å². The second kappa shape index (κ2) is 17.0. The highest BCUT2D eigenvalue weighted by atomic mass is 16.5. The number of ether oxygens (including phenoxy) is 4. The quantitative estimate of drug-likeness (QED) is 0.202. The van der Waals surface area contributed by atoms with E-state index in [1.54, 1.807) is 0 Å². The first kappa shape index (κ1) is 23.2. The van der Waals surface area contributed by atoms with Gasteiger partial charge in [0.2, 0.25) is 11.8 Å². The predicted molar refractivity (Wildman–Crippen MR) is 86.0 cm³/mol. The molecule has 25 heavy (non-hydrogen) atoms. The number of rotatable bonds is 17. The van der Waals surface area contributed by atoms with Gasteiger partial charge >= 0.3 is 5.97 Å². The van der Waals surface area contributed by atoms with Crippen molar-refractivity contribution < 1.29 is 38.4 Å². The molecule has 11 heteroatoms. The third kappa shape index (κ3) is 18.4. The van der Waals surface area contributed by atoms with Crippen LogP contribution in [-0.4, -0.2) is 95.4 Å². The molecule has 0 aliphatic heterocycles. The number of hydrogen-bond acceptors (Lipinski definition) is 8. The van der Waals surface area contributed by atoms with E-state index in [9.17, 15) is 14.4 Å². The standard InChI is InChI=1S/C14H27N3O8/c15-1-3-22-5-7-24-10-12(18)16-2-4-23-6-8-25-11-13(19)17-9-14(20)21/h1-11,15H2,(H,16,18)(H,17,19)(H,20,21). The zero-order valence-corrected chi connectivity index (χ0v) is 14.2. The lowest BCUT2D eigenvalue weighted by Crippen LogP contribution is -2.33. The minimum atomic E-state index is -1.12. The fourth-order valence-electron chi connectivity index (χ4n) is 1.39. The summed E-state index contributed by atoms with van der Waals surface area (Å²) in [5, 5.41) is 13.1. The van der Waals surface area contributed by atoms with E-state index in [0.29, 0.717) is 39.5 Å². The van der Waals surface area contributed by atoms with E-state index < -0.39 is 18.4 Å². The van der Waals surface area contributed by atoms with E-state index in [4.69, 9.17) is 29.8 Å². The maximum atomic E-state index is 11.4. The molecule has 0 aromatic carbocycles. The van der Waals surface area contributed by atoms with E-state index >= 15 is 0 Å². The number of nitrogens with one attached hydrogen (secondary N) is 2. The Hall–Kier alpha value is -1.79. The normalized spacial score (nSPS) is 10.4. The van der Waals surface area contributed by atoms with Gasteiger partial charge in [0.15, 0.2) is 0 Å². The van der Waals surface area contributed by atoms with Crippen molar-refractivity contribution in [2.45, 2.75) is 0 Å². The van der Waals surface area contributed by atoms with Gasteiger partial charge in [0, 0.05) is 13.1 Å². The molecule has 0 aromatic rings. The monoisotopic (exact) mass is 365 g/mol. The van der Waals surface area contributed by atoms with E-state index in [-0.39, 0.29) is 32.3 Å². The van der Waals surface area contributed by atoms with Crippen molar-refractivity contribution in [3.8, 4) is 0 Å². The number of carboxylic acid groups (broad SMARTS) is 1. The summed E-state index contributed by atoms with van der Waals surface area (Å²) in [7, 11) is 0. The average Bonchev–Trinajstić information content (AvgIpc) is 2.58. The number of amides is 2. The summed E-state index contributed by atoms with van der Waals surface area (Å²) >= 11 is 0. The molecule has 0 radical (unpaired) electrons. The van der Waals surface area contributed by atoms with Crippen LogP contribution >= 0.6 is 0 Å². The number of carbonyl (C=O) groups is 3. The molecule has 0 aliphatic carbocycles. The zero-order valence-electron chi connectivity index (χ0n) is 14.2. The van der Waals surface area contributed by atoms with Gasteiger partial charge < -0.3 is 40.4 Å². The lowest BCUT2D eigenvalue weighted by molar-refractivity contribution is -0.138. The lowest BCUT2D eigenvalue weighted by Gasteiger charge is -2.08. The second-order valence-corrected chi connectivity index (χ2v) is 4.64. The van der Waals surface area contributed by atoms with Gasteiger partial charge in [-0.3, -0.25) is 14.4 Å². The lowest BCUT2D eigenvalue weighted by atomic mass is 10.5. The van der Waals surface area contributed by atoms with Gasteiger partial charge in [-0.1, -0.05) is 0 Å². The molecule has 0 bridgehead atoms. The molecule has 0 saturated heterocycles. The third-order valence-electron chi connectivity index (χ3n) is 2.48. The average molecular weight is 365 g/mol. The number of carboxylic acids is 1. The van der Waals surface area contributed by atoms with E-state index in [1.807, 2.05) is 0 Å². The molecular weight excluding hydrogens is 338 g/mol. The van der Waals surface area contributed by atoms with Crippen LogP contribution in [0.3, 0.4) is 0 Å². The van der Waals surface area contributed by atoms with Crippen LogP contribution in [0.25, 0.3) is 0 Å². The Morgan fingerprint density at radius 1 is 0.760 bits per heavy atom. The Labute approximate surface area is 146 Å². The number of aliphatic carboxylic acids is 1. The Kier molecular flexibility index (Phi) is 15.8. The molecule has 0 saturated carbocycles. The highest BCUT2D eigenvalue weighted by Gasteiger charge is 2.03. The predicted octanol–water partition coefficient (Wildman–Crippen LogP) is -2.67. The summed E-state index contributed by atoms with van der Waals surface area (Å²) in [6.07, 6.45) is 0. The van der Waals surface area contributed by atoms with Crippen LogP contribution < -0.4 is 16.4 Å². The largest absolute Gasteiger partial charge is 0.480 e. The molecule has 0 fully saturated rings. The van der Waals surface area contributed by atoms with Gasteiger partial charge in [0.05, 0.1) is 39.6 Å². The Balaban J connectivity index is 3.28. The Morgan fingerprint density at radius 2 is 1.28 bits per heavy atom. The van der Waals surface area contributed by atoms with E-state index in [1.165, 1.54) is 0 Å². The molecule has 0 spiro atoms. The minimum Gasteiger partial charge on any atom is -0.480 e. The van der Waals surface area contributed by atoms with Gasteiger partial charge in [-0.15, -0.1) is 0 Å². The summed E-state index contributed by atoms with van der Waals surface area (Å²) in [6.45, 7) is 1.93. The topological polar surface area (TPSA) is 158 Å². The van der Waals surface area contributed by atoms with Crippen LogP contribution in [0.5, 0.6) is 0 Å². The number of nitrogens with two attached hydrogens (primary N) is 1. The SMILES string of the molecule is NCCOCCOCC(=O)NCCOCCOCC(=O)NCC(=O)O. The summed E-state index contributed by atoms with van der Waals surface area (Å²) in [4.78, 5) is 32.7. The summed E-state index contributed by atoms with van der Waals surface area (Å²) in [5.74, 6) is -1.89. The summed E-state index contributed by atoms with van der Waals surface area (Å²) in [6, 6.07) is 0. The highest BCUT2D eigenvalue weighted by molar-refractivity contribution is 5.81. The first-order valence-corrected chi connectivity index (χ1v) is 7.82. The maximum Gasteiger partial charge on any atom is 0.322 e. The Bertz CT molecular complexity index is 381. The molecule has 5 N–H and O–H groups in total. The van der Waals surface area contributed by atoms with Crippen LogP contribution in [0.4, 0.5) is 0 Å². The molecular formula is C14H27N3O8. The highest BCUT2D eigenvalue weighted by Crippen LogP contribution is 1.81. The molecule has 0 aromatic heterocycles. The zero-order chi connectivity index (χ0) is 18.8. The minimum absolute atomic E-state index is 0.0550. The molecule has 0 unspecified atom stereocenters. The van der Waals surface area contributed by atoms with Crippen molar-refractivity contribution in [3.63, 3.8) is 0 Å². The van der Waals surface area contributed by atoms with Gasteiger partial charge in [-0.05, 0) is 0 Å². The van der Waals surface area contributed by atoms with Crippen molar-refractivity contribution in [1.82, 2.24) is 10.6 Å². The number of hydrogen-bond donors (Lipinski definition) is 4. The van der Waals surface area contributed by atoms with Crippen LogP contribution in [0.1, 0.15) is 0 Å². The molecule has 2 amide bonds. The van der Waals surface area contributed by atoms with Gasteiger partial charge in [-0.25, -0.2) is 0 Å². The van der Waals surface area contributed by atoms with Gasteiger partial charge in [-0.2, -0.15) is 0 Å². The second-order valence-electron chi connectivity index (χ2n) is 4.64. The van der Waals surface area contributed by atoms with Crippen LogP contribution in [-0.2, 0) is 33.3 Å². The van der Waals surface area contributed by atoms with E-state index in [2.05, 4.69) is 10.6 Å². The van der Waals surface area contributed by atoms with Crippen LogP contribution in [0.2, 0.25) is 0 Å². The first-order chi connectivity index (χ1) is 12.1. The third-order valence-corrected chi connectivity index (χ3v) is 2.48. The van der Waals surface area contributed by atoms with Crippen molar-refractivity contribution in [1.29, 1.82) is 0 Å². The first-order valence-electron chi connectivity index (χ1n) is 7.82. The molecule has 0 heterocycles. The van der Waals surface area contributed by atoms with E-state index in [0.717, 1.165) is 0 Å². The summed E-state index contributed by atoms with van der Waals surface area (Å²) in [5.41, 5.74) is 5.25. The van der Waals surface area contributed by atoms with Crippen LogP contribution in [0, 0.1) is 0 Å². The van der Waals surface area contributed by atoms with Crippen molar-refractivity contribution >= 4 is 17.8 Å².